The number of anilines is 1. The van der Waals surface area contributed by atoms with Crippen molar-refractivity contribution in [3.05, 3.63) is 40.5 Å². The first kappa shape index (κ1) is 18.4. The molecule has 0 atom stereocenters. The molecule has 2 heterocycles. The largest absolute Gasteiger partial charge is 0.490 e. The average molecular weight is 397 g/mol. The molecule has 0 unspecified atom stereocenters. The van der Waals surface area contributed by atoms with Gasteiger partial charge < -0.3 is 25.3 Å². The maximum absolute atomic E-state index is 5.98. The van der Waals surface area contributed by atoms with E-state index in [1.807, 2.05) is 18.2 Å². The Kier molecular flexibility index (Phi) is 6.25. The molecule has 1 aliphatic heterocycles. The number of aliphatic imine (C=N–C) groups is 1. The van der Waals surface area contributed by atoms with Crippen LogP contribution in [0.25, 0.3) is 0 Å². The Bertz CT molecular complexity index is 802. The average Bonchev–Trinajstić information content (AvgIpc) is 2.85. The van der Waals surface area contributed by atoms with Crippen LogP contribution in [-0.4, -0.2) is 37.3 Å². The normalized spacial score (nSPS) is 13.8. The third kappa shape index (κ3) is 5.06. The van der Waals surface area contributed by atoms with Crippen molar-refractivity contribution in [3.63, 3.8) is 0 Å². The summed E-state index contributed by atoms with van der Waals surface area (Å²) in [6.45, 7) is 1.89. The number of benzene rings is 1. The van der Waals surface area contributed by atoms with Crippen LogP contribution in [0.5, 0.6) is 17.4 Å². The molecule has 0 saturated heterocycles. The number of hydrogen-bond acceptors (Lipinski definition) is 5. The molecule has 7 nitrogen and oxygen atoms in total. The Hall–Kier alpha value is -2.38. The van der Waals surface area contributed by atoms with Crippen LogP contribution in [0.15, 0.2) is 35.5 Å². The summed E-state index contributed by atoms with van der Waals surface area (Å²) in [5.41, 5.74) is 6.66. The predicted octanol–water partition coefficient (Wildman–Crippen LogP) is 3.36. The van der Waals surface area contributed by atoms with E-state index in [1.54, 1.807) is 6.07 Å². The van der Waals surface area contributed by atoms with Gasteiger partial charge in [0.25, 0.3) is 0 Å². The van der Waals surface area contributed by atoms with Gasteiger partial charge in [0.15, 0.2) is 17.5 Å². The zero-order valence-electron chi connectivity index (χ0n) is 13.9. The maximum Gasteiger partial charge on any atom is 0.232 e. The van der Waals surface area contributed by atoms with Gasteiger partial charge in [0, 0.05) is 24.4 Å². The molecule has 9 heteroatoms. The van der Waals surface area contributed by atoms with Crippen molar-refractivity contribution in [2.24, 2.45) is 10.7 Å². The highest BCUT2D eigenvalue weighted by atomic mass is 35.5. The van der Waals surface area contributed by atoms with E-state index in [-0.39, 0.29) is 12.6 Å². The Balaban J connectivity index is 1.51. The molecule has 0 spiro atoms. The molecule has 2 aromatic rings. The van der Waals surface area contributed by atoms with E-state index in [9.17, 15) is 0 Å². The van der Waals surface area contributed by atoms with Crippen LogP contribution in [-0.2, 0) is 0 Å². The lowest BCUT2D eigenvalue weighted by molar-refractivity contribution is 0.297. The van der Waals surface area contributed by atoms with Crippen LogP contribution in [0, 0.1) is 0 Å². The number of rotatable bonds is 5. The molecule has 0 fully saturated rings. The minimum Gasteiger partial charge on any atom is -0.490 e. The van der Waals surface area contributed by atoms with Crippen LogP contribution in [0.2, 0.25) is 10.0 Å². The van der Waals surface area contributed by atoms with Crippen molar-refractivity contribution in [1.29, 1.82) is 0 Å². The Labute approximate surface area is 161 Å². The first-order chi connectivity index (χ1) is 12.6. The monoisotopic (exact) mass is 396 g/mol. The second kappa shape index (κ2) is 8.82. The second-order valence-corrected chi connectivity index (χ2v) is 6.24. The fourth-order valence-corrected chi connectivity index (χ4v) is 2.68. The van der Waals surface area contributed by atoms with E-state index in [4.69, 9.17) is 43.1 Å². The second-order valence-electron chi connectivity index (χ2n) is 5.39. The van der Waals surface area contributed by atoms with Gasteiger partial charge in [-0.2, -0.15) is 0 Å². The number of guanidine groups is 1. The zero-order chi connectivity index (χ0) is 18.4. The highest BCUT2D eigenvalue weighted by Gasteiger charge is 2.11. The van der Waals surface area contributed by atoms with E-state index < -0.39 is 0 Å². The standard InChI is InChI=1S/C17H18Cl2N4O3/c18-11-8-13(19)16(22-10-11)26-7-4-21-17(20)23-12-2-3-14-15(9-12)25-6-1-5-24-14/h2-3,8-10H,1,4-7H2,(H3,20,21,23). The molecule has 26 heavy (non-hydrogen) atoms. The SMILES string of the molecule is NC(=NCCOc1ncc(Cl)cc1Cl)Nc1ccc2c(c1)OCCCO2. The number of hydrogen-bond donors (Lipinski definition) is 2. The fraction of sp³-hybridized carbons (Fsp3) is 0.294. The third-order valence-electron chi connectivity index (χ3n) is 3.41. The van der Waals surface area contributed by atoms with Crippen molar-refractivity contribution in [2.45, 2.75) is 6.42 Å². The van der Waals surface area contributed by atoms with Gasteiger partial charge in [-0.15, -0.1) is 0 Å². The topological polar surface area (TPSA) is 91.0 Å². The van der Waals surface area contributed by atoms with E-state index in [0.29, 0.717) is 41.4 Å². The fourth-order valence-electron chi connectivity index (χ4n) is 2.25. The summed E-state index contributed by atoms with van der Waals surface area (Å²) in [5, 5.41) is 3.80. The quantitative estimate of drug-likeness (QED) is 0.457. The molecular formula is C17H18Cl2N4O3. The number of halogens is 2. The zero-order valence-corrected chi connectivity index (χ0v) is 15.4. The van der Waals surface area contributed by atoms with Gasteiger partial charge in [-0.3, -0.25) is 0 Å². The van der Waals surface area contributed by atoms with Crippen molar-refractivity contribution in [1.82, 2.24) is 4.98 Å². The minimum absolute atomic E-state index is 0.262. The molecule has 0 bridgehead atoms. The number of nitrogens with one attached hydrogen (secondary N) is 1. The lowest BCUT2D eigenvalue weighted by Crippen LogP contribution is -2.23. The number of ether oxygens (including phenoxy) is 3. The molecule has 3 N–H and O–H groups in total. The molecule has 1 aromatic carbocycles. The van der Waals surface area contributed by atoms with Crippen LogP contribution < -0.4 is 25.3 Å². The van der Waals surface area contributed by atoms with Gasteiger partial charge in [0.1, 0.15) is 11.6 Å². The van der Waals surface area contributed by atoms with Crippen LogP contribution >= 0.6 is 23.2 Å². The third-order valence-corrected chi connectivity index (χ3v) is 3.88. The summed E-state index contributed by atoms with van der Waals surface area (Å²) >= 11 is 11.8. The Morgan fingerprint density at radius 2 is 2.04 bits per heavy atom. The van der Waals surface area contributed by atoms with Crippen LogP contribution in [0.1, 0.15) is 6.42 Å². The van der Waals surface area contributed by atoms with Gasteiger partial charge in [0.05, 0.1) is 24.8 Å². The molecule has 0 saturated carbocycles. The predicted molar refractivity (Wildman–Crippen MR) is 102 cm³/mol. The number of aromatic nitrogens is 1. The van der Waals surface area contributed by atoms with E-state index >= 15 is 0 Å². The molecule has 138 valence electrons. The van der Waals surface area contributed by atoms with Crippen molar-refractivity contribution < 1.29 is 14.2 Å². The molecule has 1 aromatic heterocycles. The van der Waals surface area contributed by atoms with Gasteiger partial charge in [-0.25, -0.2) is 9.98 Å². The van der Waals surface area contributed by atoms with Crippen molar-refractivity contribution in [3.8, 4) is 17.4 Å². The minimum atomic E-state index is 0.262. The lowest BCUT2D eigenvalue weighted by Gasteiger charge is -2.11. The van der Waals surface area contributed by atoms with Crippen molar-refractivity contribution >= 4 is 34.8 Å². The number of nitrogens with two attached hydrogens (primary N) is 1. The summed E-state index contributed by atoms with van der Waals surface area (Å²) in [7, 11) is 0. The summed E-state index contributed by atoms with van der Waals surface area (Å²) in [4.78, 5) is 8.21. The number of pyridine rings is 1. The first-order valence-corrected chi connectivity index (χ1v) is 8.78. The number of nitrogens with zero attached hydrogens (tertiary/aromatic N) is 2. The molecule has 1 aliphatic rings. The highest BCUT2D eigenvalue weighted by molar-refractivity contribution is 6.35. The van der Waals surface area contributed by atoms with E-state index in [0.717, 1.165) is 17.9 Å². The Morgan fingerprint density at radius 3 is 2.85 bits per heavy atom. The first-order valence-electron chi connectivity index (χ1n) is 8.02. The van der Waals surface area contributed by atoms with Gasteiger partial charge in [-0.1, -0.05) is 23.2 Å². The lowest BCUT2D eigenvalue weighted by atomic mass is 10.3. The maximum atomic E-state index is 5.98. The van der Waals surface area contributed by atoms with Crippen LogP contribution in [0.4, 0.5) is 5.69 Å². The molecular weight excluding hydrogens is 379 g/mol. The number of fused-ring (bicyclic) bond motifs is 1. The van der Waals surface area contributed by atoms with Gasteiger partial charge in [0.2, 0.25) is 5.88 Å². The Morgan fingerprint density at radius 1 is 1.23 bits per heavy atom. The van der Waals surface area contributed by atoms with E-state index in [2.05, 4.69) is 15.3 Å². The van der Waals surface area contributed by atoms with Crippen LogP contribution in [0.3, 0.4) is 0 Å². The van der Waals surface area contributed by atoms with E-state index in [1.165, 1.54) is 6.20 Å². The summed E-state index contributed by atoms with van der Waals surface area (Å²) in [6, 6.07) is 7.09. The molecule has 0 radical (unpaired) electrons. The summed E-state index contributed by atoms with van der Waals surface area (Å²) in [6.07, 6.45) is 2.32. The van der Waals surface area contributed by atoms with Crippen molar-refractivity contribution in [2.75, 3.05) is 31.7 Å². The molecule has 3 rings (SSSR count). The molecule has 0 amide bonds. The molecule has 0 aliphatic carbocycles. The van der Waals surface area contributed by atoms with Gasteiger partial charge >= 0.3 is 0 Å². The summed E-state index contributed by atoms with van der Waals surface area (Å²) in [5.74, 6) is 1.98. The van der Waals surface area contributed by atoms with Gasteiger partial charge in [-0.05, 0) is 18.2 Å². The smallest absolute Gasteiger partial charge is 0.232 e. The summed E-state index contributed by atoms with van der Waals surface area (Å²) < 4.78 is 16.7. The highest BCUT2D eigenvalue weighted by Crippen LogP contribution is 2.32.